The van der Waals surface area contributed by atoms with Crippen molar-refractivity contribution in [2.75, 3.05) is 0 Å². The van der Waals surface area contributed by atoms with E-state index in [0.29, 0.717) is 0 Å². The second kappa shape index (κ2) is 5.75. The summed E-state index contributed by atoms with van der Waals surface area (Å²) in [5.41, 5.74) is -0.123. The van der Waals surface area contributed by atoms with Crippen LogP contribution in [0.25, 0.3) is 0 Å². The number of carboxylic acid groups (broad SMARTS) is 1. The van der Waals surface area contributed by atoms with E-state index in [2.05, 4.69) is 6.07 Å². The molecule has 0 radical (unpaired) electrons. The molecule has 0 fully saturated rings. The summed E-state index contributed by atoms with van der Waals surface area (Å²) in [5, 5.41) is 17.3. The molecule has 0 unspecified atom stereocenters. The zero-order valence-corrected chi connectivity index (χ0v) is 8.88. The number of aromatic carboxylic acids is 1. The summed E-state index contributed by atoms with van der Waals surface area (Å²) in [4.78, 5) is 10.2. The summed E-state index contributed by atoms with van der Waals surface area (Å²) in [5.74, 6) is -1.37. The van der Waals surface area contributed by atoms with Crippen LogP contribution >= 0.6 is 0 Å². The van der Waals surface area contributed by atoms with Gasteiger partial charge in [-0.3, -0.25) is 4.79 Å². The topological polar surface area (TPSA) is 89.0 Å². The number of benzene rings is 1. The van der Waals surface area contributed by atoms with Gasteiger partial charge in [0.05, 0.1) is 0 Å². The van der Waals surface area contributed by atoms with Crippen LogP contribution in [-0.2, 0) is 21.1 Å². The van der Waals surface area contributed by atoms with Crippen molar-refractivity contribution in [2.45, 2.75) is 0 Å². The molecule has 0 aliphatic heterocycles. The molecule has 1 aromatic carbocycles. The Kier molecular flexibility index (Phi) is 6.56. The van der Waals surface area contributed by atoms with E-state index in [1.165, 1.54) is 18.2 Å². The molecule has 0 aliphatic rings. The maximum atomic E-state index is 10.2. The Morgan fingerprint density at radius 3 is 2.42 bits per heavy atom. The van der Waals surface area contributed by atoms with E-state index in [9.17, 15) is 4.79 Å². The predicted molar refractivity (Wildman–Crippen MR) is 37.5 cm³/mol. The van der Waals surface area contributed by atoms with Crippen LogP contribution in [0.3, 0.4) is 0 Å². The summed E-state index contributed by atoms with van der Waals surface area (Å²) in [7, 11) is 0. The van der Waals surface area contributed by atoms with Crippen molar-refractivity contribution in [2.24, 2.45) is 0 Å². The van der Waals surface area contributed by atoms with Gasteiger partial charge in [-0.1, -0.05) is 0 Å². The van der Waals surface area contributed by atoms with E-state index in [0.717, 1.165) is 0 Å². The van der Waals surface area contributed by atoms with Gasteiger partial charge < -0.3 is 15.7 Å². The summed E-state index contributed by atoms with van der Waals surface area (Å²) < 4.78 is 0. The minimum Gasteiger partial charge on any atom is -0.533 e. The number of rotatable bonds is 1. The van der Waals surface area contributed by atoms with Crippen LogP contribution in [-0.4, -0.2) is 21.7 Å². The molecule has 0 heterocycles. The number of phenols is 1. The largest absolute Gasteiger partial charge is 0.533 e. The van der Waals surface area contributed by atoms with Crippen LogP contribution in [0.1, 0.15) is 10.4 Å². The van der Waals surface area contributed by atoms with Crippen LogP contribution < -0.4 is 0 Å². The van der Waals surface area contributed by atoms with Crippen molar-refractivity contribution in [1.29, 1.82) is 0 Å². The van der Waals surface area contributed by atoms with Gasteiger partial charge in [-0.15, -0.1) is 6.07 Å². The van der Waals surface area contributed by atoms with E-state index in [1.807, 2.05) is 0 Å². The van der Waals surface area contributed by atoms with Crippen molar-refractivity contribution in [3.05, 3.63) is 29.8 Å². The molecule has 1 aromatic rings. The number of carbonyl (C=O) groups is 1. The van der Waals surface area contributed by atoms with Crippen molar-refractivity contribution in [3.63, 3.8) is 0 Å². The molecule has 0 aromatic heterocycles. The van der Waals surface area contributed by atoms with Gasteiger partial charge in [0.25, 0.3) is 5.97 Å². The standard InChI is InChI=1S/C7H5O3.H2O.W/c8-6-4-2-1-3-5(6)7(9)10;;/h2-4,8H,(H,9,10);1H2;/q-1;;. The summed E-state index contributed by atoms with van der Waals surface area (Å²) in [6.07, 6.45) is 0. The van der Waals surface area contributed by atoms with E-state index in [-0.39, 0.29) is 37.9 Å². The molecule has 0 saturated heterocycles. The summed E-state index contributed by atoms with van der Waals surface area (Å²) in [6.45, 7) is 0. The van der Waals surface area contributed by atoms with Gasteiger partial charge in [0.1, 0.15) is 0 Å². The zero-order chi connectivity index (χ0) is 7.56. The van der Waals surface area contributed by atoms with E-state index < -0.39 is 5.97 Å². The van der Waals surface area contributed by atoms with Gasteiger partial charge >= 0.3 is 0 Å². The molecule has 4 nitrogen and oxygen atoms in total. The summed E-state index contributed by atoms with van der Waals surface area (Å²) >= 11 is 0. The minimum atomic E-state index is -1.14. The zero-order valence-electron chi connectivity index (χ0n) is 5.94. The van der Waals surface area contributed by atoms with Gasteiger partial charge in [0, 0.05) is 26.8 Å². The number of aromatic hydroxyl groups is 1. The fourth-order valence-corrected chi connectivity index (χ4v) is 0.594. The Labute approximate surface area is 83.4 Å². The molecular formula is C7H7O4W-. The van der Waals surface area contributed by atoms with Gasteiger partial charge in [0.2, 0.25) is 0 Å². The molecule has 4 N–H and O–H groups in total. The van der Waals surface area contributed by atoms with Crippen molar-refractivity contribution < 1.29 is 41.5 Å². The van der Waals surface area contributed by atoms with Crippen molar-refractivity contribution in [3.8, 4) is 5.75 Å². The molecule has 0 spiro atoms. The normalized spacial score (nSPS) is 7.67. The Bertz CT molecular complexity index is 261. The van der Waals surface area contributed by atoms with E-state index >= 15 is 0 Å². The molecule has 12 heavy (non-hydrogen) atoms. The van der Waals surface area contributed by atoms with Crippen LogP contribution in [0.15, 0.2) is 18.2 Å². The fraction of sp³-hybridized carbons (Fsp3) is 0. The number of carboxylic acids is 1. The van der Waals surface area contributed by atoms with Crippen molar-refractivity contribution >= 4 is 5.97 Å². The Hall–Kier alpha value is -0.862. The second-order valence-electron chi connectivity index (χ2n) is 1.75. The Balaban J connectivity index is 0. The Morgan fingerprint density at radius 1 is 1.50 bits per heavy atom. The molecular weight excluding hydrogens is 332 g/mol. The van der Waals surface area contributed by atoms with Crippen molar-refractivity contribution in [1.82, 2.24) is 0 Å². The van der Waals surface area contributed by atoms with Gasteiger partial charge in [0.15, 0.2) is 0 Å². The Morgan fingerprint density at radius 2 is 2.08 bits per heavy atom. The first-order valence-electron chi connectivity index (χ1n) is 2.64. The first kappa shape index (κ1) is 13.7. The molecule has 66 valence electrons. The maximum absolute atomic E-state index is 10.2. The SMILES string of the molecule is O.O=C(O)c1c[c-]ccc1O.[W]. The quantitative estimate of drug-likeness (QED) is 0.710. The average Bonchev–Trinajstić information content (AvgIpc) is 1.88. The number of hydrogen-bond acceptors (Lipinski definition) is 2. The first-order valence-corrected chi connectivity index (χ1v) is 2.64. The molecule has 0 saturated carbocycles. The van der Waals surface area contributed by atoms with E-state index in [4.69, 9.17) is 10.2 Å². The van der Waals surface area contributed by atoms with Crippen LogP contribution in [0.5, 0.6) is 5.75 Å². The third-order valence-corrected chi connectivity index (χ3v) is 1.07. The second-order valence-corrected chi connectivity index (χ2v) is 1.75. The predicted octanol–water partition coefficient (Wildman–Crippen LogP) is 0.0634. The molecule has 1 rings (SSSR count). The molecule has 5 heteroatoms. The first-order chi connectivity index (χ1) is 4.72. The maximum Gasteiger partial charge on any atom is 0.282 e. The third-order valence-electron chi connectivity index (χ3n) is 1.07. The third kappa shape index (κ3) is 3.03. The monoisotopic (exact) mass is 339 g/mol. The van der Waals surface area contributed by atoms with Gasteiger partial charge in [-0.2, -0.15) is 18.2 Å². The summed E-state index contributed by atoms with van der Waals surface area (Å²) in [6, 6.07) is 6.49. The van der Waals surface area contributed by atoms with Gasteiger partial charge in [-0.25, -0.2) is 0 Å². The molecule has 0 amide bonds. The van der Waals surface area contributed by atoms with Crippen LogP contribution in [0.2, 0.25) is 0 Å². The van der Waals surface area contributed by atoms with Crippen LogP contribution in [0.4, 0.5) is 0 Å². The smallest absolute Gasteiger partial charge is 0.282 e. The average molecular weight is 339 g/mol. The molecule has 0 aliphatic carbocycles. The van der Waals surface area contributed by atoms with E-state index in [1.54, 1.807) is 0 Å². The van der Waals surface area contributed by atoms with Crippen LogP contribution in [0, 0.1) is 6.07 Å². The van der Waals surface area contributed by atoms with Gasteiger partial charge in [-0.05, 0) is 5.56 Å². The number of hydrogen-bond donors (Lipinski definition) is 2. The fourth-order valence-electron chi connectivity index (χ4n) is 0.594. The molecule has 0 bridgehead atoms. The molecule has 0 atom stereocenters. The minimum absolute atomic E-state index is 0.